The minimum atomic E-state index is -0.264. The van der Waals surface area contributed by atoms with Crippen LogP contribution in [0, 0.1) is 0 Å². The Morgan fingerprint density at radius 2 is 1.89 bits per heavy atom. The molecule has 37 heavy (non-hydrogen) atoms. The maximum Gasteiger partial charge on any atom is 0.227 e. The van der Waals surface area contributed by atoms with Crippen LogP contribution < -0.4 is 16.4 Å². The van der Waals surface area contributed by atoms with Crippen LogP contribution in [0.3, 0.4) is 0 Å². The first-order valence-corrected chi connectivity index (χ1v) is 13.7. The van der Waals surface area contributed by atoms with Gasteiger partial charge < -0.3 is 30.8 Å². The molecule has 2 atom stereocenters. The van der Waals surface area contributed by atoms with Crippen LogP contribution in [0.15, 0.2) is 30.6 Å². The highest BCUT2D eigenvalue weighted by Gasteiger charge is 2.27. The van der Waals surface area contributed by atoms with Crippen LogP contribution in [0.2, 0.25) is 0 Å². The number of morpholine rings is 1. The number of hydrogen-bond donors (Lipinski definition) is 4. The number of aliphatic hydroxyl groups excluding tert-OH is 1. The average molecular weight is 507 g/mol. The Bertz CT molecular complexity index is 1200. The molecule has 5 N–H and O–H groups in total. The molecule has 1 aliphatic heterocycles. The molecular weight excluding hydrogens is 468 g/mol. The highest BCUT2D eigenvalue weighted by Crippen LogP contribution is 2.34. The molecule has 2 aliphatic carbocycles. The first-order chi connectivity index (χ1) is 18.1. The molecule has 6 rings (SSSR count). The van der Waals surface area contributed by atoms with E-state index in [1.165, 1.54) is 5.56 Å². The van der Waals surface area contributed by atoms with Gasteiger partial charge in [0, 0.05) is 43.4 Å². The van der Waals surface area contributed by atoms with Gasteiger partial charge in [0.1, 0.15) is 0 Å². The third-order valence-electron chi connectivity index (χ3n) is 8.00. The summed E-state index contributed by atoms with van der Waals surface area (Å²) in [7, 11) is 0. The molecule has 1 aromatic carbocycles. The van der Waals surface area contributed by atoms with Crippen molar-refractivity contribution >= 4 is 28.6 Å². The molecule has 10 nitrogen and oxygen atoms in total. The van der Waals surface area contributed by atoms with Gasteiger partial charge in [-0.2, -0.15) is 9.97 Å². The van der Waals surface area contributed by atoms with Crippen molar-refractivity contribution in [3.63, 3.8) is 0 Å². The van der Waals surface area contributed by atoms with E-state index < -0.39 is 0 Å². The van der Waals surface area contributed by atoms with Gasteiger partial charge in [0.15, 0.2) is 17.0 Å². The zero-order chi connectivity index (χ0) is 25.2. The van der Waals surface area contributed by atoms with Gasteiger partial charge in [-0.1, -0.05) is 12.1 Å². The molecule has 3 aliphatic rings. The summed E-state index contributed by atoms with van der Waals surface area (Å²) in [4.78, 5) is 17.0. The monoisotopic (exact) mass is 506 g/mol. The summed E-state index contributed by atoms with van der Waals surface area (Å²) in [5, 5.41) is 17.3. The van der Waals surface area contributed by atoms with Crippen LogP contribution >= 0.6 is 0 Å². The predicted molar refractivity (Wildman–Crippen MR) is 144 cm³/mol. The van der Waals surface area contributed by atoms with Gasteiger partial charge in [0.2, 0.25) is 5.95 Å². The lowest BCUT2D eigenvalue weighted by Crippen LogP contribution is -2.35. The highest BCUT2D eigenvalue weighted by atomic mass is 16.5. The number of aromatic nitrogens is 4. The summed E-state index contributed by atoms with van der Waals surface area (Å²) in [6, 6.07) is 9.29. The lowest BCUT2D eigenvalue weighted by molar-refractivity contribution is 0.0342. The summed E-state index contributed by atoms with van der Waals surface area (Å²) in [6.07, 6.45) is 8.11. The topological polar surface area (TPSA) is 126 Å². The van der Waals surface area contributed by atoms with Crippen molar-refractivity contribution in [2.75, 3.05) is 36.9 Å². The smallest absolute Gasteiger partial charge is 0.227 e. The first-order valence-electron chi connectivity index (χ1n) is 13.7. The minimum absolute atomic E-state index is 0.195. The Morgan fingerprint density at radius 3 is 2.68 bits per heavy atom. The second-order valence-electron chi connectivity index (χ2n) is 10.8. The van der Waals surface area contributed by atoms with Gasteiger partial charge in [-0.3, -0.25) is 4.90 Å². The molecule has 0 radical (unpaired) electrons. The molecule has 1 saturated heterocycles. The van der Waals surface area contributed by atoms with E-state index in [4.69, 9.17) is 25.4 Å². The number of imidazole rings is 1. The van der Waals surface area contributed by atoms with Crippen molar-refractivity contribution in [3.05, 3.63) is 36.2 Å². The number of rotatable bonds is 7. The number of hydrogen-bond acceptors (Lipinski definition) is 9. The van der Waals surface area contributed by atoms with E-state index in [0.717, 1.165) is 94.6 Å². The molecule has 2 saturated carbocycles. The molecule has 0 spiro atoms. The molecule has 3 fully saturated rings. The standard InChI is InChI=1S/C27H38N8O2/c28-19-4-6-20(7-5-19)31-27-32-25(24-26(33-27)35(17-29-24)22-8-9-23(36)15-22)30-21-3-1-2-18(14-21)16-34-10-12-37-13-11-34/h1-3,14,17,19-20,22-23,36H,4-13,15-16,28H2,(H2,30,31,32,33). The van der Waals surface area contributed by atoms with Crippen molar-refractivity contribution in [3.8, 4) is 0 Å². The van der Waals surface area contributed by atoms with Crippen LogP contribution in [0.4, 0.5) is 17.5 Å². The Kier molecular flexibility index (Phi) is 7.23. The fourth-order valence-corrected chi connectivity index (χ4v) is 5.87. The molecule has 2 aromatic heterocycles. The summed E-state index contributed by atoms with van der Waals surface area (Å²) in [6.45, 7) is 4.39. The highest BCUT2D eigenvalue weighted by molar-refractivity contribution is 5.86. The van der Waals surface area contributed by atoms with Crippen molar-refractivity contribution in [1.82, 2.24) is 24.4 Å². The second-order valence-corrected chi connectivity index (χ2v) is 10.8. The number of fused-ring (bicyclic) bond motifs is 1. The zero-order valence-electron chi connectivity index (χ0n) is 21.4. The quantitative estimate of drug-likeness (QED) is 0.382. The molecule has 2 unspecified atom stereocenters. The van der Waals surface area contributed by atoms with Crippen LogP contribution in [0.1, 0.15) is 56.6 Å². The third-order valence-corrected chi connectivity index (χ3v) is 8.00. The van der Waals surface area contributed by atoms with Crippen molar-refractivity contribution < 1.29 is 9.84 Å². The van der Waals surface area contributed by atoms with Gasteiger partial charge in [-0.05, 0) is 62.6 Å². The van der Waals surface area contributed by atoms with Gasteiger partial charge in [0.25, 0.3) is 0 Å². The Labute approximate surface area is 217 Å². The summed E-state index contributed by atoms with van der Waals surface area (Å²) < 4.78 is 7.61. The van der Waals surface area contributed by atoms with Crippen LogP contribution in [0.5, 0.6) is 0 Å². The first kappa shape index (κ1) is 24.5. The molecule has 0 amide bonds. The number of nitrogens with zero attached hydrogens (tertiary/aromatic N) is 5. The normalized spacial score (nSPS) is 27.0. The SMILES string of the molecule is NC1CCC(Nc2nc(Nc3cccc(CN4CCOCC4)c3)c3ncn(C4CCC(O)C4)c3n2)CC1. The lowest BCUT2D eigenvalue weighted by atomic mass is 9.92. The van der Waals surface area contributed by atoms with Crippen LogP contribution in [-0.4, -0.2) is 74.0 Å². The van der Waals surface area contributed by atoms with Crippen molar-refractivity contribution in [1.29, 1.82) is 0 Å². The Hall–Kier alpha value is -2.79. The minimum Gasteiger partial charge on any atom is -0.393 e. The second kappa shape index (κ2) is 10.9. The summed E-state index contributed by atoms with van der Waals surface area (Å²) in [5.74, 6) is 1.31. The lowest BCUT2D eigenvalue weighted by Gasteiger charge is -2.27. The Balaban J connectivity index is 1.29. The molecule has 0 bridgehead atoms. The van der Waals surface area contributed by atoms with E-state index in [1.807, 2.05) is 6.33 Å². The molecule has 3 aromatic rings. The van der Waals surface area contributed by atoms with Crippen LogP contribution in [-0.2, 0) is 11.3 Å². The number of ether oxygens (including phenoxy) is 1. The Morgan fingerprint density at radius 1 is 1.05 bits per heavy atom. The van der Waals surface area contributed by atoms with E-state index in [2.05, 4.69) is 44.4 Å². The maximum atomic E-state index is 10.1. The number of benzene rings is 1. The third kappa shape index (κ3) is 5.72. The van der Waals surface area contributed by atoms with Gasteiger partial charge in [0.05, 0.1) is 25.6 Å². The van der Waals surface area contributed by atoms with Crippen molar-refractivity contribution in [2.24, 2.45) is 5.73 Å². The molecule has 10 heteroatoms. The number of nitrogens with two attached hydrogens (primary N) is 1. The van der Waals surface area contributed by atoms with Gasteiger partial charge in [-0.25, -0.2) is 4.98 Å². The fourth-order valence-electron chi connectivity index (χ4n) is 5.87. The molecule has 198 valence electrons. The number of aliphatic hydroxyl groups is 1. The molecule has 3 heterocycles. The number of anilines is 3. The van der Waals surface area contributed by atoms with Crippen molar-refractivity contribution in [2.45, 2.75) is 75.7 Å². The molecular formula is C27H38N8O2. The summed E-state index contributed by atoms with van der Waals surface area (Å²) >= 11 is 0. The predicted octanol–water partition coefficient (Wildman–Crippen LogP) is 3.17. The average Bonchev–Trinajstić information content (AvgIpc) is 3.52. The van der Waals surface area contributed by atoms with E-state index in [0.29, 0.717) is 23.8 Å². The van der Waals surface area contributed by atoms with Crippen LogP contribution in [0.25, 0.3) is 11.2 Å². The number of nitrogens with one attached hydrogen (secondary N) is 2. The zero-order valence-corrected chi connectivity index (χ0v) is 21.4. The van der Waals surface area contributed by atoms with Gasteiger partial charge in [-0.15, -0.1) is 0 Å². The maximum absolute atomic E-state index is 10.1. The largest absolute Gasteiger partial charge is 0.393 e. The summed E-state index contributed by atoms with van der Waals surface area (Å²) in [5.41, 5.74) is 9.90. The fraction of sp³-hybridized carbons (Fsp3) is 0.593. The van der Waals surface area contributed by atoms with Gasteiger partial charge >= 0.3 is 0 Å². The van der Waals surface area contributed by atoms with E-state index in [9.17, 15) is 5.11 Å². The van der Waals surface area contributed by atoms with E-state index in [1.54, 1.807) is 0 Å². The van der Waals surface area contributed by atoms with E-state index >= 15 is 0 Å². The van der Waals surface area contributed by atoms with E-state index in [-0.39, 0.29) is 12.1 Å².